The predicted octanol–water partition coefficient (Wildman–Crippen LogP) is 1.45. The van der Waals surface area contributed by atoms with Crippen LogP contribution in [0.1, 0.15) is 12.0 Å². The molecule has 0 aliphatic carbocycles. The zero-order valence-electron chi connectivity index (χ0n) is 12.1. The standard InChI is InChI=1S/C14H21N3O2S2/c1-19-9-5-8-15-14(20)17-16-13(18)11-21-10-12-6-3-2-4-7-12/h2-4,6-7H,5,8-11H2,1H3,(H,16,18)(H2,15,17,20). The van der Waals surface area contributed by atoms with Gasteiger partial charge in [-0.3, -0.25) is 15.6 Å². The highest BCUT2D eigenvalue weighted by Gasteiger charge is 2.02. The summed E-state index contributed by atoms with van der Waals surface area (Å²) in [6.45, 7) is 1.39. The summed E-state index contributed by atoms with van der Waals surface area (Å²) in [5, 5.41) is 3.38. The van der Waals surface area contributed by atoms with Gasteiger partial charge >= 0.3 is 0 Å². The lowest BCUT2D eigenvalue weighted by molar-refractivity contribution is -0.119. The van der Waals surface area contributed by atoms with Crippen molar-refractivity contribution >= 4 is 35.0 Å². The van der Waals surface area contributed by atoms with E-state index in [1.165, 1.54) is 5.56 Å². The second kappa shape index (κ2) is 11.4. The molecule has 3 N–H and O–H groups in total. The van der Waals surface area contributed by atoms with Crippen molar-refractivity contribution < 1.29 is 9.53 Å². The fraction of sp³-hybridized carbons (Fsp3) is 0.429. The van der Waals surface area contributed by atoms with E-state index in [0.29, 0.717) is 24.0 Å². The summed E-state index contributed by atoms with van der Waals surface area (Å²) in [4.78, 5) is 11.6. The van der Waals surface area contributed by atoms with Gasteiger partial charge in [0.2, 0.25) is 5.91 Å². The van der Waals surface area contributed by atoms with Gasteiger partial charge in [0.25, 0.3) is 0 Å². The number of nitrogens with one attached hydrogen (secondary N) is 3. The van der Waals surface area contributed by atoms with E-state index in [9.17, 15) is 4.79 Å². The third-order valence-electron chi connectivity index (χ3n) is 2.47. The number of hydrogen-bond donors (Lipinski definition) is 3. The minimum Gasteiger partial charge on any atom is -0.385 e. The molecule has 0 aliphatic rings. The lowest BCUT2D eigenvalue weighted by Crippen LogP contribution is -2.47. The largest absolute Gasteiger partial charge is 0.385 e. The average Bonchev–Trinajstić information content (AvgIpc) is 2.50. The van der Waals surface area contributed by atoms with Gasteiger partial charge in [0.05, 0.1) is 5.75 Å². The molecule has 0 bridgehead atoms. The van der Waals surface area contributed by atoms with E-state index in [4.69, 9.17) is 17.0 Å². The minimum absolute atomic E-state index is 0.100. The molecular formula is C14H21N3O2S2. The number of thioether (sulfide) groups is 1. The Morgan fingerprint density at radius 3 is 2.76 bits per heavy atom. The molecule has 0 fully saturated rings. The maximum atomic E-state index is 11.6. The van der Waals surface area contributed by atoms with Crippen LogP contribution < -0.4 is 16.2 Å². The molecule has 0 saturated carbocycles. The van der Waals surface area contributed by atoms with Gasteiger partial charge in [-0.15, -0.1) is 11.8 Å². The number of rotatable bonds is 8. The second-order valence-electron chi connectivity index (χ2n) is 4.25. The van der Waals surface area contributed by atoms with Crippen molar-refractivity contribution in [2.45, 2.75) is 12.2 Å². The SMILES string of the molecule is COCCCNC(=S)NNC(=O)CSCc1ccccc1. The van der Waals surface area contributed by atoms with Crippen LogP contribution in [0, 0.1) is 0 Å². The Morgan fingerprint density at radius 2 is 2.05 bits per heavy atom. The van der Waals surface area contributed by atoms with E-state index in [-0.39, 0.29) is 5.91 Å². The first kappa shape index (κ1) is 17.7. The third kappa shape index (κ3) is 9.28. The van der Waals surface area contributed by atoms with Crippen LogP contribution in [0.15, 0.2) is 30.3 Å². The Kier molecular flexibility index (Phi) is 9.60. The summed E-state index contributed by atoms with van der Waals surface area (Å²) >= 11 is 6.58. The number of hydrogen-bond acceptors (Lipinski definition) is 4. The summed E-state index contributed by atoms with van der Waals surface area (Å²) < 4.78 is 4.93. The van der Waals surface area contributed by atoms with Crippen molar-refractivity contribution in [2.24, 2.45) is 0 Å². The number of ether oxygens (including phenoxy) is 1. The first-order valence-corrected chi connectivity index (χ1v) is 8.22. The maximum Gasteiger partial charge on any atom is 0.248 e. The van der Waals surface area contributed by atoms with Crippen molar-refractivity contribution in [3.05, 3.63) is 35.9 Å². The Balaban J connectivity index is 2.04. The van der Waals surface area contributed by atoms with Crippen LogP contribution in [0.3, 0.4) is 0 Å². The predicted molar refractivity (Wildman–Crippen MR) is 91.0 cm³/mol. The molecule has 0 aliphatic heterocycles. The molecular weight excluding hydrogens is 306 g/mol. The van der Waals surface area contributed by atoms with Crippen LogP contribution in [0.25, 0.3) is 0 Å². The quantitative estimate of drug-likeness (QED) is 0.382. The molecule has 5 nitrogen and oxygen atoms in total. The van der Waals surface area contributed by atoms with Gasteiger partial charge in [0.1, 0.15) is 0 Å². The molecule has 1 rings (SSSR count). The van der Waals surface area contributed by atoms with Crippen molar-refractivity contribution in [1.29, 1.82) is 0 Å². The van der Waals surface area contributed by atoms with Gasteiger partial charge in [-0.1, -0.05) is 30.3 Å². The second-order valence-corrected chi connectivity index (χ2v) is 5.65. The van der Waals surface area contributed by atoms with Gasteiger partial charge in [-0.25, -0.2) is 0 Å². The zero-order valence-corrected chi connectivity index (χ0v) is 13.7. The fourth-order valence-corrected chi connectivity index (χ4v) is 2.40. The Morgan fingerprint density at radius 1 is 1.29 bits per heavy atom. The summed E-state index contributed by atoms with van der Waals surface area (Å²) in [6, 6.07) is 10.0. The van der Waals surface area contributed by atoms with E-state index >= 15 is 0 Å². The molecule has 0 heterocycles. The Hall–Kier alpha value is -1.31. The van der Waals surface area contributed by atoms with Crippen molar-refractivity contribution in [2.75, 3.05) is 26.0 Å². The monoisotopic (exact) mass is 327 g/mol. The third-order valence-corrected chi connectivity index (χ3v) is 3.72. The minimum atomic E-state index is -0.100. The van der Waals surface area contributed by atoms with Crippen molar-refractivity contribution in [1.82, 2.24) is 16.2 Å². The first-order chi connectivity index (χ1) is 10.2. The number of carbonyl (C=O) groups is 1. The number of benzene rings is 1. The molecule has 1 aromatic carbocycles. The molecule has 0 atom stereocenters. The van der Waals surface area contributed by atoms with E-state index in [0.717, 1.165) is 12.2 Å². The van der Waals surface area contributed by atoms with Gasteiger partial charge in [0, 0.05) is 26.0 Å². The van der Waals surface area contributed by atoms with Gasteiger partial charge in [0.15, 0.2) is 5.11 Å². The molecule has 1 aromatic rings. The first-order valence-electron chi connectivity index (χ1n) is 6.65. The van der Waals surface area contributed by atoms with Gasteiger partial charge in [-0.2, -0.15) is 0 Å². The molecule has 0 unspecified atom stereocenters. The van der Waals surface area contributed by atoms with Crippen molar-refractivity contribution in [3.8, 4) is 0 Å². The fourth-order valence-electron chi connectivity index (χ4n) is 1.46. The van der Waals surface area contributed by atoms with E-state index in [1.54, 1.807) is 18.9 Å². The molecule has 1 amide bonds. The van der Waals surface area contributed by atoms with Crippen LogP contribution in [-0.4, -0.2) is 37.0 Å². The van der Waals surface area contributed by atoms with Crippen LogP contribution in [0.2, 0.25) is 0 Å². The van der Waals surface area contributed by atoms with Gasteiger partial charge < -0.3 is 10.1 Å². The summed E-state index contributed by atoms with van der Waals surface area (Å²) in [6.07, 6.45) is 0.860. The van der Waals surface area contributed by atoms with Crippen molar-refractivity contribution in [3.63, 3.8) is 0 Å². The molecule has 0 radical (unpaired) electrons. The molecule has 21 heavy (non-hydrogen) atoms. The van der Waals surface area contributed by atoms with E-state index in [1.807, 2.05) is 30.3 Å². The normalized spacial score (nSPS) is 9.95. The van der Waals surface area contributed by atoms with Crippen LogP contribution in [0.4, 0.5) is 0 Å². The Bertz CT molecular complexity index is 429. The molecule has 7 heteroatoms. The maximum absolute atomic E-state index is 11.6. The topological polar surface area (TPSA) is 62.4 Å². The number of hydrazine groups is 1. The highest BCUT2D eigenvalue weighted by atomic mass is 32.2. The molecule has 0 saturated heterocycles. The average molecular weight is 327 g/mol. The summed E-state index contributed by atoms with van der Waals surface area (Å²) in [5.74, 6) is 1.10. The molecule has 0 aromatic heterocycles. The van der Waals surface area contributed by atoms with Crippen LogP contribution in [0.5, 0.6) is 0 Å². The van der Waals surface area contributed by atoms with Crippen LogP contribution in [-0.2, 0) is 15.3 Å². The van der Waals surface area contributed by atoms with E-state index in [2.05, 4.69) is 16.2 Å². The smallest absolute Gasteiger partial charge is 0.248 e. The van der Waals surface area contributed by atoms with Crippen LogP contribution >= 0.6 is 24.0 Å². The number of methoxy groups -OCH3 is 1. The number of amides is 1. The lowest BCUT2D eigenvalue weighted by Gasteiger charge is -2.11. The highest BCUT2D eigenvalue weighted by molar-refractivity contribution is 7.99. The highest BCUT2D eigenvalue weighted by Crippen LogP contribution is 2.10. The summed E-state index contributed by atoms with van der Waals surface area (Å²) in [7, 11) is 1.66. The Labute approximate surface area is 135 Å². The molecule has 0 spiro atoms. The molecule has 116 valence electrons. The van der Waals surface area contributed by atoms with E-state index < -0.39 is 0 Å². The lowest BCUT2D eigenvalue weighted by atomic mass is 10.2. The number of carbonyl (C=O) groups excluding carboxylic acids is 1. The summed E-state index contributed by atoms with van der Waals surface area (Å²) in [5.41, 5.74) is 6.45. The van der Waals surface area contributed by atoms with Gasteiger partial charge in [-0.05, 0) is 24.2 Å². The number of thiocarbonyl (C=S) groups is 1. The zero-order chi connectivity index (χ0) is 15.3.